The van der Waals surface area contributed by atoms with Crippen LogP contribution in [-0.4, -0.2) is 12.7 Å². The summed E-state index contributed by atoms with van der Waals surface area (Å²) in [6.45, 7) is 2.50. The van der Waals surface area contributed by atoms with E-state index in [4.69, 9.17) is 9.15 Å². The van der Waals surface area contributed by atoms with E-state index in [-0.39, 0.29) is 0 Å². The Bertz CT molecular complexity index is 243. The third-order valence-electron chi connectivity index (χ3n) is 1.50. The first kappa shape index (κ1) is 9.64. The molecule has 4 heteroatoms. The minimum absolute atomic E-state index is 0.435. The molecule has 0 unspecified atom stereocenters. The van der Waals surface area contributed by atoms with Crippen molar-refractivity contribution >= 4 is 11.8 Å². The molecule has 1 N–H and O–H groups in total. The van der Waals surface area contributed by atoms with E-state index < -0.39 is 6.09 Å². The average molecular weight is 183 g/mol. The molecule has 1 heterocycles. The van der Waals surface area contributed by atoms with Gasteiger partial charge in [0.15, 0.2) is 0 Å². The summed E-state index contributed by atoms with van der Waals surface area (Å²) in [6.07, 6.45) is 4.40. The summed E-state index contributed by atoms with van der Waals surface area (Å²) in [5, 5.41) is 2.53. The van der Waals surface area contributed by atoms with Gasteiger partial charge in [-0.15, -0.1) is 0 Å². The molecule has 72 valence electrons. The van der Waals surface area contributed by atoms with Crippen LogP contribution in [-0.2, 0) is 4.74 Å². The highest BCUT2D eigenvalue weighted by Gasteiger charge is 2.02. The van der Waals surface area contributed by atoms with Crippen molar-refractivity contribution in [3.05, 3.63) is 18.6 Å². The van der Waals surface area contributed by atoms with Crippen LogP contribution in [0.15, 0.2) is 23.0 Å². The summed E-state index contributed by atoms with van der Waals surface area (Å²) in [7, 11) is 0. The van der Waals surface area contributed by atoms with E-state index in [2.05, 4.69) is 5.32 Å². The number of unbranched alkanes of at least 4 members (excludes halogenated alkanes) is 1. The van der Waals surface area contributed by atoms with E-state index in [1.165, 1.54) is 12.5 Å². The Hall–Kier alpha value is -1.45. The monoisotopic (exact) mass is 183 g/mol. The molecule has 0 spiro atoms. The third-order valence-corrected chi connectivity index (χ3v) is 1.50. The van der Waals surface area contributed by atoms with Crippen LogP contribution in [0.1, 0.15) is 19.8 Å². The summed E-state index contributed by atoms with van der Waals surface area (Å²) in [4.78, 5) is 11.0. The number of anilines is 1. The molecule has 0 atom stereocenters. The molecule has 1 aromatic rings. The van der Waals surface area contributed by atoms with Crippen LogP contribution < -0.4 is 5.32 Å². The van der Waals surface area contributed by atoms with Gasteiger partial charge in [-0.2, -0.15) is 0 Å². The van der Waals surface area contributed by atoms with Crippen molar-refractivity contribution < 1.29 is 13.9 Å². The number of ether oxygens (including phenoxy) is 1. The summed E-state index contributed by atoms with van der Waals surface area (Å²) in [6, 6.07) is 1.65. The van der Waals surface area contributed by atoms with Gasteiger partial charge in [-0.3, -0.25) is 5.32 Å². The lowest BCUT2D eigenvalue weighted by molar-refractivity contribution is 0.160. The van der Waals surface area contributed by atoms with E-state index in [1.807, 2.05) is 6.92 Å². The van der Waals surface area contributed by atoms with Crippen molar-refractivity contribution in [2.75, 3.05) is 11.9 Å². The van der Waals surface area contributed by atoms with Gasteiger partial charge in [0.25, 0.3) is 0 Å². The Labute approximate surface area is 76.9 Å². The highest BCUT2D eigenvalue weighted by atomic mass is 16.5. The third kappa shape index (κ3) is 3.64. The normalized spacial score (nSPS) is 9.62. The quantitative estimate of drug-likeness (QED) is 0.730. The van der Waals surface area contributed by atoms with Crippen molar-refractivity contribution in [3.8, 4) is 0 Å². The summed E-state index contributed by atoms with van der Waals surface area (Å²) in [5.41, 5.74) is 0.612. The predicted octanol–water partition coefficient (Wildman–Crippen LogP) is 2.63. The minimum atomic E-state index is -0.435. The lowest BCUT2D eigenvalue weighted by Crippen LogP contribution is -2.13. The Kier molecular flexibility index (Phi) is 3.88. The standard InChI is InChI=1S/C9H13NO3/c1-2-3-5-13-9(11)10-8-4-6-12-7-8/h4,6-7H,2-3,5H2,1H3,(H,10,11). The van der Waals surface area contributed by atoms with Gasteiger partial charge in [0.05, 0.1) is 18.6 Å². The van der Waals surface area contributed by atoms with Gasteiger partial charge in [-0.25, -0.2) is 4.79 Å². The maximum Gasteiger partial charge on any atom is 0.411 e. The number of hydrogen-bond donors (Lipinski definition) is 1. The van der Waals surface area contributed by atoms with Gasteiger partial charge >= 0.3 is 6.09 Å². The molecule has 1 aromatic heterocycles. The van der Waals surface area contributed by atoms with Crippen molar-refractivity contribution in [3.63, 3.8) is 0 Å². The van der Waals surface area contributed by atoms with Gasteiger partial charge in [-0.1, -0.05) is 13.3 Å². The lowest BCUT2D eigenvalue weighted by atomic mass is 10.4. The molecule has 0 aliphatic carbocycles. The maximum atomic E-state index is 11.0. The van der Waals surface area contributed by atoms with Crippen LogP contribution in [0.5, 0.6) is 0 Å². The summed E-state index contributed by atoms with van der Waals surface area (Å²) in [5.74, 6) is 0. The van der Waals surface area contributed by atoms with E-state index in [1.54, 1.807) is 6.07 Å². The molecule has 1 rings (SSSR count). The Morgan fingerprint density at radius 3 is 3.15 bits per heavy atom. The molecule has 1 amide bonds. The Balaban J connectivity index is 2.18. The van der Waals surface area contributed by atoms with Crippen molar-refractivity contribution in [1.82, 2.24) is 0 Å². The van der Waals surface area contributed by atoms with E-state index >= 15 is 0 Å². The molecule has 0 aliphatic rings. The molecule has 0 saturated heterocycles. The van der Waals surface area contributed by atoms with Crippen molar-refractivity contribution in [1.29, 1.82) is 0 Å². The SMILES string of the molecule is CCCCOC(=O)Nc1ccoc1. The second-order valence-electron chi connectivity index (χ2n) is 2.63. The van der Waals surface area contributed by atoms with Gasteiger partial charge in [0, 0.05) is 6.07 Å². The molecule has 0 fully saturated rings. The first-order chi connectivity index (χ1) is 6.33. The van der Waals surface area contributed by atoms with Crippen LogP contribution in [0.4, 0.5) is 10.5 Å². The fraction of sp³-hybridized carbons (Fsp3) is 0.444. The van der Waals surface area contributed by atoms with Crippen LogP contribution in [0.25, 0.3) is 0 Å². The molecule has 0 aliphatic heterocycles. The zero-order valence-electron chi connectivity index (χ0n) is 7.58. The van der Waals surface area contributed by atoms with Crippen LogP contribution in [0.2, 0.25) is 0 Å². The first-order valence-corrected chi connectivity index (χ1v) is 4.29. The Morgan fingerprint density at radius 2 is 2.54 bits per heavy atom. The van der Waals surface area contributed by atoms with E-state index in [0.717, 1.165) is 12.8 Å². The van der Waals surface area contributed by atoms with Crippen LogP contribution in [0, 0.1) is 0 Å². The molecule has 0 saturated carbocycles. The Morgan fingerprint density at radius 1 is 1.69 bits per heavy atom. The number of carbonyl (C=O) groups is 1. The second-order valence-corrected chi connectivity index (χ2v) is 2.63. The summed E-state index contributed by atoms with van der Waals surface area (Å²) < 4.78 is 9.63. The number of rotatable bonds is 4. The fourth-order valence-electron chi connectivity index (χ4n) is 0.799. The average Bonchev–Trinajstić information content (AvgIpc) is 2.57. The molecule has 13 heavy (non-hydrogen) atoms. The predicted molar refractivity (Wildman–Crippen MR) is 48.6 cm³/mol. The highest BCUT2D eigenvalue weighted by molar-refractivity contribution is 5.84. The molecular formula is C9H13NO3. The second kappa shape index (κ2) is 5.24. The molecule has 0 radical (unpaired) electrons. The smallest absolute Gasteiger partial charge is 0.411 e. The lowest BCUT2D eigenvalue weighted by Gasteiger charge is -2.03. The maximum absolute atomic E-state index is 11.0. The molecule has 0 bridgehead atoms. The zero-order valence-corrected chi connectivity index (χ0v) is 7.58. The zero-order chi connectivity index (χ0) is 9.52. The summed E-state index contributed by atoms with van der Waals surface area (Å²) >= 11 is 0. The molecule has 4 nitrogen and oxygen atoms in total. The van der Waals surface area contributed by atoms with Crippen LogP contribution in [0.3, 0.4) is 0 Å². The molecule has 0 aromatic carbocycles. The van der Waals surface area contributed by atoms with Gasteiger partial charge in [0.1, 0.15) is 6.26 Å². The number of amides is 1. The topological polar surface area (TPSA) is 51.5 Å². The number of carbonyl (C=O) groups excluding carboxylic acids is 1. The van der Waals surface area contributed by atoms with Crippen molar-refractivity contribution in [2.45, 2.75) is 19.8 Å². The van der Waals surface area contributed by atoms with E-state index in [9.17, 15) is 4.79 Å². The number of hydrogen-bond acceptors (Lipinski definition) is 3. The number of furan rings is 1. The largest absolute Gasteiger partial charge is 0.470 e. The van der Waals surface area contributed by atoms with Gasteiger partial charge in [0.2, 0.25) is 0 Å². The minimum Gasteiger partial charge on any atom is -0.470 e. The van der Waals surface area contributed by atoms with E-state index in [0.29, 0.717) is 12.3 Å². The molecular weight excluding hydrogens is 170 g/mol. The fourth-order valence-corrected chi connectivity index (χ4v) is 0.799. The first-order valence-electron chi connectivity index (χ1n) is 4.29. The van der Waals surface area contributed by atoms with Crippen LogP contribution >= 0.6 is 0 Å². The van der Waals surface area contributed by atoms with Gasteiger partial charge < -0.3 is 9.15 Å². The number of nitrogens with one attached hydrogen (secondary N) is 1. The highest BCUT2D eigenvalue weighted by Crippen LogP contribution is 2.06. The van der Waals surface area contributed by atoms with Crippen molar-refractivity contribution in [2.24, 2.45) is 0 Å². The van der Waals surface area contributed by atoms with Gasteiger partial charge in [-0.05, 0) is 6.42 Å².